The quantitative estimate of drug-likeness (QED) is 0.432. The molecular weight excluding hydrogens is 426 g/mol. The Labute approximate surface area is 191 Å². The average molecular weight is 454 g/mol. The molecule has 32 heavy (non-hydrogen) atoms. The molecule has 8 nitrogen and oxygen atoms in total. The number of piperidine rings is 1. The molecule has 1 fully saturated rings. The maximum absolute atomic E-state index is 13.4. The number of thioether (sulfide) groups is 1. The summed E-state index contributed by atoms with van der Waals surface area (Å²) in [6.45, 7) is 1.57. The smallest absolute Gasteiger partial charge is 0.240 e. The summed E-state index contributed by atoms with van der Waals surface area (Å²) in [5.41, 5.74) is 1.66. The zero-order valence-corrected chi connectivity index (χ0v) is 19.0. The molecule has 1 amide bonds. The molecule has 0 radical (unpaired) electrons. The van der Waals surface area contributed by atoms with Crippen LogP contribution in [0.5, 0.6) is 11.5 Å². The standard InChI is InChI=1S/C23H27N5O3S/c1-30-18-12-11-17(15-19(18)31-2)21-25-26-23(28(21)24)32-20(16-9-5-3-6-10-16)22(29)27-13-7-4-8-14-27/h3,5-6,9-12,15,20H,4,7-8,13-14,24H2,1-2H3. The molecule has 2 N–H and O–H groups in total. The van der Waals surface area contributed by atoms with Crippen LogP contribution in [0.3, 0.4) is 0 Å². The molecule has 9 heteroatoms. The van der Waals surface area contributed by atoms with Crippen LogP contribution in [-0.2, 0) is 4.79 Å². The number of methoxy groups -OCH3 is 2. The van der Waals surface area contributed by atoms with Crippen molar-refractivity contribution in [3.63, 3.8) is 0 Å². The zero-order chi connectivity index (χ0) is 22.5. The van der Waals surface area contributed by atoms with E-state index in [-0.39, 0.29) is 5.91 Å². The first-order chi connectivity index (χ1) is 15.6. The average Bonchev–Trinajstić information content (AvgIpc) is 3.22. The predicted molar refractivity (Wildman–Crippen MR) is 124 cm³/mol. The maximum Gasteiger partial charge on any atom is 0.240 e. The van der Waals surface area contributed by atoms with Gasteiger partial charge in [-0.25, -0.2) is 4.68 Å². The van der Waals surface area contributed by atoms with Crippen LogP contribution in [0.15, 0.2) is 53.7 Å². The summed E-state index contributed by atoms with van der Waals surface area (Å²) in [6.07, 6.45) is 3.24. The van der Waals surface area contributed by atoms with E-state index in [1.54, 1.807) is 26.4 Å². The van der Waals surface area contributed by atoms with E-state index in [1.165, 1.54) is 22.9 Å². The number of nitrogens with two attached hydrogens (primary N) is 1. The molecule has 0 saturated carbocycles. The minimum atomic E-state index is -0.445. The van der Waals surface area contributed by atoms with Gasteiger partial charge in [-0.15, -0.1) is 10.2 Å². The monoisotopic (exact) mass is 453 g/mol. The first-order valence-electron chi connectivity index (χ1n) is 10.6. The Morgan fingerprint density at radius 2 is 1.72 bits per heavy atom. The Morgan fingerprint density at radius 3 is 2.41 bits per heavy atom. The van der Waals surface area contributed by atoms with E-state index in [0.717, 1.165) is 37.1 Å². The molecule has 1 atom stereocenters. The van der Waals surface area contributed by atoms with Crippen LogP contribution in [0.1, 0.15) is 30.1 Å². The SMILES string of the molecule is COc1ccc(-c2nnc(SC(C(=O)N3CCCCC3)c3ccccc3)n2N)cc1OC. The van der Waals surface area contributed by atoms with Crippen LogP contribution < -0.4 is 15.3 Å². The number of ether oxygens (including phenoxy) is 2. The number of carbonyl (C=O) groups excluding carboxylic acids is 1. The van der Waals surface area contributed by atoms with Gasteiger partial charge in [-0.1, -0.05) is 42.1 Å². The molecule has 0 aliphatic carbocycles. The van der Waals surface area contributed by atoms with Crippen LogP contribution in [0.25, 0.3) is 11.4 Å². The van der Waals surface area contributed by atoms with E-state index in [4.69, 9.17) is 15.3 Å². The molecule has 168 valence electrons. The molecule has 1 saturated heterocycles. The summed E-state index contributed by atoms with van der Waals surface area (Å²) in [7, 11) is 3.16. The number of amides is 1. The number of likely N-dealkylation sites (tertiary alicyclic amines) is 1. The van der Waals surface area contributed by atoms with Gasteiger partial charge < -0.3 is 20.2 Å². The number of hydrogen-bond acceptors (Lipinski definition) is 7. The topological polar surface area (TPSA) is 95.5 Å². The van der Waals surface area contributed by atoms with E-state index in [0.29, 0.717) is 22.5 Å². The van der Waals surface area contributed by atoms with Gasteiger partial charge in [0.25, 0.3) is 0 Å². The Kier molecular flexibility index (Phi) is 6.84. The van der Waals surface area contributed by atoms with Crippen molar-refractivity contribution >= 4 is 17.7 Å². The summed E-state index contributed by atoms with van der Waals surface area (Å²) in [6, 6.07) is 15.2. The Hall–Kier alpha value is -3.20. The number of nitrogens with zero attached hydrogens (tertiary/aromatic N) is 4. The van der Waals surface area contributed by atoms with Crippen LogP contribution in [0.4, 0.5) is 0 Å². The molecule has 0 spiro atoms. The third-order valence-corrected chi connectivity index (χ3v) is 6.72. The molecule has 1 aromatic heterocycles. The van der Waals surface area contributed by atoms with Gasteiger partial charge >= 0.3 is 0 Å². The second kappa shape index (κ2) is 9.95. The molecule has 1 unspecified atom stereocenters. The maximum atomic E-state index is 13.4. The number of nitrogen functional groups attached to an aromatic ring is 1. The van der Waals surface area contributed by atoms with Gasteiger partial charge in [-0.05, 0) is 43.0 Å². The molecule has 0 bridgehead atoms. The number of benzene rings is 2. The number of carbonyl (C=O) groups is 1. The van der Waals surface area contributed by atoms with Crippen molar-refractivity contribution in [3.05, 3.63) is 54.1 Å². The minimum absolute atomic E-state index is 0.0802. The highest BCUT2D eigenvalue weighted by Crippen LogP contribution is 2.38. The van der Waals surface area contributed by atoms with Crippen molar-refractivity contribution in [2.45, 2.75) is 29.7 Å². The first kappa shape index (κ1) is 22.0. The fourth-order valence-electron chi connectivity index (χ4n) is 3.80. The highest BCUT2D eigenvalue weighted by Gasteiger charge is 2.30. The molecule has 1 aliphatic heterocycles. The highest BCUT2D eigenvalue weighted by molar-refractivity contribution is 8.00. The Morgan fingerprint density at radius 1 is 1.00 bits per heavy atom. The number of aromatic nitrogens is 3. The van der Waals surface area contributed by atoms with E-state index >= 15 is 0 Å². The summed E-state index contributed by atoms with van der Waals surface area (Å²) < 4.78 is 12.1. The minimum Gasteiger partial charge on any atom is -0.493 e. The van der Waals surface area contributed by atoms with Crippen molar-refractivity contribution in [1.82, 2.24) is 19.8 Å². The van der Waals surface area contributed by atoms with E-state index in [9.17, 15) is 4.79 Å². The van der Waals surface area contributed by atoms with Crippen molar-refractivity contribution in [2.24, 2.45) is 0 Å². The van der Waals surface area contributed by atoms with E-state index in [2.05, 4.69) is 10.2 Å². The van der Waals surface area contributed by atoms with Gasteiger partial charge in [-0.3, -0.25) is 4.79 Å². The molecular formula is C23H27N5O3S. The Bertz CT molecular complexity index is 1070. The van der Waals surface area contributed by atoms with Gasteiger partial charge in [0.2, 0.25) is 11.1 Å². The summed E-state index contributed by atoms with van der Waals surface area (Å²) in [5, 5.41) is 8.59. The third kappa shape index (κ3) is 4.52. The van der Waals surface area contributed by atoms with Crippen molar-refractivity contribution in [2.75, 3.05) is 33.2 Å². The normalized spacial score (nSPS) is 14.8. The fourth-order valence-corrected chi connectivity index (χ4v) is 4.85. The van der Waals surface area contributed by atoms with Crippen LogP contribution >= 0.6 is 11.8 Å². The second-order valence-electron chi connectivity index (χ2n) is 7.54. The second-order valence-corrected chi connectivity index (χ2v) is 8.61. The van der Waals surface area contributed by atoms with Gasteiger partial charge in [0.05, 0.1) is 14.2 Å². The molecule has 2 aromatic carbocycles. The van der Waals surface area contributed by atoms with Gasteiger partial charge in [0.1, 0.15) is 5.25 Å². The lowest BCUT2D eigenvalue weighted by molar-refractivity contribution is -0.131. The van der Waals surface area contributed by atoms with Crippen molar-refractivity contribution in [3.8, 4) is 22.9 Å². The number of hydrogen-bond donors (Lipinski definition) is 1. The third-order valence-electron chi connectivity index (χ3n) is 5.52. The van der Waals surface area contributed by atoms with Gasteiger partial charge in [-0.2, -0.15) is 0 Å². The largest absolute Gasteiger partial charge is 0.493 e. The van der Waals surface area contributed by atoms with E-state index in [1.807, 2.05) is 41.3 Å². The number of rotatable bonds is 7. The predicted octanol–water partition coefficient (Wildman–Crippen LogP) is 3.52. The van der Waals surface area contributed by atoms with Crippen LogP contribution in [-0.4, -0.2) is 53.0 Å². The summed E-state index contributed by atoms with van der Waals surface area (Å²) in [4.78, 5) is 15.4. The fraction of sp³-hybridized carbons (Fsp3) is 0.348. The summed E-state index contributed by atoms with van der Waals surface area (Å²) >= 11 is 1.32. The Balaban J connectivity index is 1.63. The van der Waals surface area contributed by atoms with Crippen molar-refractivity contribution < 1.29 is 14.3 Å². The van der Waals surface area contributed by atoms with Gasteiger partial charge in [0, 0.05) is 18.7 Å². The summed E-state index contributed by atoms with van der Waals surface area (Å²) in [5.74, 6) is 8.12. The highest BCUT2D eigenvalue weighted by atomic mass is 32.2. The van der Waals surface area contributed by atoms with Crippen molar-refractivity contribution in [1.29, 1.82) is 0 Å². The van der Waals surface area contributed by atoms with Gasteiger partial charge in [0.15, 0.2) is 17.3 Å². The molecule has 1 aliphatic rings. The first-order valence-corrected chi connectivity index (χ1v) is 11.4. The lowest BCUT2D eigenvalue weighted by atomic mass is 10.1. The lowest BCUT2D eigenvalue weighted by Gasteiger charge is -2.30. The van der Waals surface area contributed by atoms with Crippen LogP contribution in [0.2, 0.25) is 0 Å². The molecule has 4 rings (SSSR count). The lowest BCUT2D eigenvalue weighted by Crippen LogP contribution is -2.38. The molecule has 3 aromatic rings. The molecule has 2 heterocycles. The zero-order valence-electron chi connectivity index (χ0n) is 18.2. The van der Waals surface area contributed by atoms with E-state index < -0.39 is 5.25 Å². The van der Waals surface area contributed by atoms with Crippen LogP contribution in [0, 0.1) is 0 Å².